The second-order valence-corrected chi connectivity index (χ2v) is 6.07. The van der Waals surface area contributed by atoms with E-state index in [-0.39, 0.29) is 12.0 Å². The summed E-state index contributed by atoms with van der Waals surface area (Å²) in [6.07, 6.45) is 2.64. The van der Waals surface area contributed by atoms with Crippen molar-refractivity contribution >= 4 is 16.8 Å². The van der Waals surface area contributed by atoms with Crippen LogP contribution in [0.2, 0.25) is 0 Å². The van der Waals surface area contributed by atoms with Crippen molar-refractivity contribution in [2.75, 3.05) is 13.1 Å². The van der Waals surface area contributed by atoms with Gasteiger partial charge < -0.3 is 14.6 Å². The molecule has 3 heterocycles. The van der Waals surface area contributed by atoms with E-state index in [2.05, 4.69) is 15.2 Å². The highest BCUT2D eigenvalue weighted by atomic mass is 16.5. The van der Waals surface area contributed by atoms with Crippen LogP contribution in [0.5, 0.6) is 5.88 Å². The molecular formula is C18H18N4O2. The molecule has 1 aliphatic heterocycles. The lowest BCUT2D eigenvalue weighted by atomic mass is 10.1. The van der Waals surface area contributed by atoms with Gasteiger partial charge in [0.15, 0.2) is 0 Å². The molecule has 1 fully saturated rings. The minimum absolute atomic E-state index is 0.0399. The number of benzene rings is 1. The molecule has 0 radical (unpaired) electrons. The first-order valence-corrected chi connectivity index (χ1v) is 8.02. The maximum atomic E-state index is 12.7. The van der Waals surface area contributed by atoms with Crippen LogP contribution in [0.4, 0.5) is 0 Å². The van der Waals surface area contributed by atoms with Gasteiger partial charge in [-0.05, 0) is 37.3 Å². The number of aromatic nitrogens is 3. The lowest BCUT2D eigenvalue weighted by molar-refractivity contribution is 0.0771. The van der Waals surface area contributed by atoms with Crippen LogP contribution >= 0.6 is 0 Å². The van der Waals surface area contributed by atoms with Gasteiger partial charge in [0.25, 0.3) is 5.91 Å². The van der Waals surface area contributed by atoms with E-state index in [0.717, 1.165) is 23.0 Å². The maximum absolute atomic E-state index is 12.7. The van der Waals surface area contributed by atoms with E-state index >= 15 is 0 Å². The fourth-order valence-corrected chi connectivity index (χ4v) is 3.00. The molecule has 2 aromatic heterocycles. The summed E-state index contributed by atoms with van der Waals surface area (Å²) >= 11 is 0. The van der Waals surface area contributed by atoms with Crippen molar-refractivity contribution in [3.05, 3.63) is 53.9 Å². The van der Waals surface area contributed by atoms with Gasteiger partial charge >= 0.3 is 0 Å². The zero-order valence-electron chi connectivity index (χ0n) is 13.4. The minimum Gasteiger partial charge on any atom is -0.471 e. The van der Waals surface area contributed by atoms with Crippen molar-refractivity contribution in [1.29, 1.82) is 0 Å². The SMILES string of the molecule is Cc1ccc(OC2CCN(C(=O)c3ccc4[nH]ccc4c3)C2)nn1. The summed E-state index contributed by atoms with van der Waals surface area (Å²) in [5.41, 5.74) is 2.59. The fraction of sp³-hybridized carbons (Fsp3) is 0.278. The number of H-pyrrole nitrogens is 1. The molecule has 6 heteroatoms. The molecule has 0 bridgehead atoms. The lowest BCUT2D eigenvalue weighted by Crippen LogP contribution is -2.31. The molecule has 24 heavy (non-hydrogen) atoms. The Labute approximate surface area is 139 Å². The smallest absolute Gasteiger partial charge is 0.254 e. The van der Waals surface area contributed by atoms with Crippen LogP contribution in [0, 0.1) is 6.92 Å². The molecule has 3 aromatic rings. The largest absolute Gasteiger partial charge is 0.471 e. The number of ether oxygens (including phenoxy) is 1. The van der Waals surface area contributed by atoms with Gasteiger partial charge in [-0.25, -0.2) is 0 Å². The van der Waals surface area contributed by atoms with Crippen LogP contribution in [0.1, 0.15) is 22.5 Å². The second kappa shape index (κ2) is 5.96. The number of aryl methyl sites for hydroxylation is 1. The maximum Gasteiger partial charge on any atom is 0.254 e. The molecule has 0 spiro atoms. The molecule has 1 unspecified atom stereocenters. The highest BCUT2D eigenvalue weighted by molar-refractivity contribution is 5.98. The molecule has 6 nitrogen and oxygen atoms in total. The predicted molar refractivity (Wildman–Crippen MR) is 90.0 cm³/mol. The van der Waals surface area contributed by atoms with Gasteiger partial charge in [0.1, 0.15) is 6.10 Å². The van der Waals surface area contributed by atoms with Crippen LogP contribution in [0.15, 0.2) is 42.6 Å². The van der Waals surface area contributed by atoms with E-state index in [1.165, 1.54) is 0 Å². The van der Waals surface area contributed by atoms with E-state index in [1.807, 2.05) is 54.4 Å². The Morgan fingerprint density at radius 1 is 1.25 bits per heavy atom. The first-order chi connectivity index (χ1) is 11.7. The van der Waals surface area contributed by atoms with Crippen molar-refractivity contribution in [3.8, 4) is 5.88 Å². The molecule has 1 N–H and O–H groups in total. The molecule has 4 rings (SSSR count). The fourth-order valence-electron chi connectivity index (χ4n) is 3.00. The zero-order chi connectivity index (χ0) is 16.5. The summed E-state index contributed by atoms with van der Waals surface area (Å²) < 4.78 is 5.83. The molecule has 1 aliphatic rings. The lowest BCUT2D eigenvalue weighted by Gasteiger charge is -2.17. The number of carbonyl (C=O) groups excluding carboxylic acids is 1. The number of amides is 1. The van der Waals surface area contributed by atoms with Crippen LogP contribution in [0.25, 0.3) is 10.9 Å². The Kier molecular flexibility index (Phi) is 3.65. The summed E-state index contributed by atoms with van der Waals surface area (Å²) in [6.45, 7) is 3.14. The molecule has 1 amide bonds. The standard InChI is InChI=1S/C18H18N4O2/c1-12-2-5-17(21-20-12)24-15-7-9-22(11-15)18(23)14-3-4-16-13(10-14)6-8-19-16/h2-6,8,10,15,19H,7,9,11H2,1H3. The number of hydrogen-bond acceptors (Lipinski definition) is 4. The number of fused-ring (bicyclic) bond motifs is 1. The molecule has 122 valence electrons. The molecular weight excluding hydrogens is 304 g/mol. The number of rotatable bonds is 3. The predicted octanol–water partition coefficient (Wildman–Crippen LogP) is 2.56. The quantitative estimate of drug-likeness (QED) is 0.804. The minimum atomic E-state index is -0.0399. The third-order valence-electron chi connectivity index (χ3n) is 4.29. The van der Waals surface area contributed by atoms with Gasteiger partial charge in [0.05, 0.1) is 12.2 Å². The van der Waals surface area contributed by atoms with E-state index in [0.29, 0.717) is 24.5 Å². The van der Waals surface area contributed by atoms with E-state index in [1.54, 1.807) is 0 Å². The monoisotopic (exact) mass is 322 g/mol. The Morgan fingerprint density at radius 2 is 2.17 bits per heavy atom. The average Bonchev–Trinajstić information content (AvgIpc) is 3.24. The number of nitrogens with zero attached hydrogens (tertiary/aromatic N) is 3. The van der Waals surface area contributed by atoms with E-state index in [9.17, 15) is 4.79 Å². The molecule has 0 aliphatic carbocycles. The molecule has 1 saturated heterocycles. The normalized spacial score (nSPS) is 17.4. The highest BCUT2D eigenvalue weighted by Gasteiger charge is 2.28. The van der Waals surface area contributed by atoms with Gasteiger partial charge in [0, 0.05) is 41.7 Å². The van der Waals surface area contributed by atoms with E-state index < -0.39 is 0 Å². The summed E-state index contributed by atoms with van der Waals surface area (Å²) in [5.74, 6) is 0.549. The van der Waals surface area contributed by atoms with Gasteiger partial charge in [-0.15, -0.1) is 5.10 Å². The number of nitrogens with one attached hydrogen (secondary N) is 1. The van der Waals surface area contributed by atoms with Crippen molar-refractivity contribution < 1.29 is 9.53 Å². The average molecular weight is 322 g/mol. The van der Waals surface area contributed by atoms with Crippen molar-refractivity contribution in [2.45, 2.75) is 19.4 Å². The number of aromatic amines is 1. The highest BCUT2D eigenvalue weighted by Crippen LogP contribution is 2.20. The Morgan fingerprint density at radius 3 is 3.00 bits per heavy atom. The van der Waals surface area contributed by atoms with E-state index in [4.69, 9.17) is 4.74 Å². The van der Waals surface area contributed by atoms with Crippen molar-refractivity contribution in [3.63, 3.8) is 0 Å². The van der Waals surface area contributed by atoms with Crippen LogP contribution in [-0.4, -0.2) is 45.2 Å². The number of likely N-dealkylation sites (tertiary alicyclic amines) is 1. The summed E-state index contributed by atoms with van der Waals surface area (Å²) in [5, 5.41) is 9.05. The number of hydrogen-bond donors (Lipinski definition) is 1. The first kappa shape index (κ1) is 14.7. The van der Waals surface area contributed by atoms with Crippen LogP contribution in [-0.2, 0) is 0 Å². The van der Waals surface area contributed by atoms with Crippen LogP contribution in [0.3, 0.4) is 0 Å². The van der Waals surface area contributed by atoms with Crippen molar-refractivity contribution in [2.24, 2.45) is 0 Å². The van der Waals surface area contributed by atoms with Gasteiger partial charge in [-0.3, -0.25) is 4.79 Å². The summed E-state index contributed by atoms with van der Waals surface area (Å²) in [7, 11) is 0. The third kappa shape index (κ3) is 2.82. The summed E-state index contributed by atoms with van der Waals surface area (Å²) in [4.78, 5) is 17.7. The van der Waals surface area contributed by atoms with Gasteiger partial charge in [-0.2, -0.15) is 5.10 Å². The first-order valence-electron chi connectivity index (χ1n) is 8.02. The molecule has 0 saturated carbocycles. The Balaban J connectivity index is 1.43. The Bertz CT molecular complexity index is 872. The third-order valence-corrected chi connectivity index (χ3v) is 4.29. The van der Waals surface area contributed by atoms with Gasteiger partial charge in [0.2, 0.25) is 5.88 Å². The van der Waals surface area contributed by atoms with Crippen LogP contribution < -0.4 is 4.74 Å². The molecule has 1 atom stereocenters. The zero-order valence-corrected chi connectivity index (χ0v) is 13.4. The molecule has 1 aromatic carbocycles. The number of carbonyl (C=O) groups is 1. The van der Waals surface area contributed by atoms with Crippen molar-refractivity contribution in [1.82, 2.24) is 20.1 Å². The second-order valence-electron chi connectivity index (χ2n) is 6.07. The van der Waals surface area contributed by atoms with Gasteiger partial charge in [-0.1, -0.05) is 0 Å². The topological polar surface area (TPSA) is 71.1 Å². The Hall–Kier alpha value is -2.89. The summed E-state index contributed by atoms with van der Waals surface area (Å²) in [6, 6.07) is 11.4.